The van der Waals surface area contributed by atoms with E-state index in [1.54, 1.807) is 23.9 Å². The maximum atomic E-state index is 8.76. The Morgan fingerprint density at radius 1 is 1.12 bits per heavy atom. The molecule has 0 saturated carbocycles. The van der Waals surface area contributed by atoms with E-state index in [-0.39, 0.29) is 0 Å². The lowest BCUT2D eigenvalue weighted by molar-refractivity contribution is 1.36. The van der Waals surface area contributed by atoms with Crippen LogP contribution >= 0.6 is 39.3 Å². The van der Waals surface area contributed by atoms with Crippen LogP contribution in [0, 0.1) is 11.3 Å². The first-order valence-electron chi connectivity index (χ1n) is 4.83. The van der Waals surface area contributed by atoms with Gasteiger partial charge in [0.05, 0.1) is 16.7 Å². The van der Waals surface area contributed by atoms with Gasteiger partial charge >= 0.3 is 0 Å². The van der Waals surface area contributed by atoms with Crippen molar-refractivity contribution in [2.75, 3.05) is 0 Å². The fourth-order valence-electron chi connectivity index (χ4n) is 1.30. The van der Waals surface area contributed by atoms with E-state index in [1.165, 1.54) is 0 Å². The number of rotatable bonds is 2. The summed E-state index contributed by atoms with van der Waals surface area (Å²) in [5.41, 5.74) is 0.575. The largest absolute Gasteiger partial charge is 0.192 e. The van der Waals surface area contributed by atoms with Crippen LogP contribution in [0.5, 0.6) is 0 Å². The van der Waals surface area contributed by atoms with Crippen molar-refractivity contribution in [1.29, 1.82) is 5.26 Å². The van der Waals surface area contributed by atoms with Crippen molar-refractivity contribution in [3.63, 3.8) is 0 Å². The maximum absolute atomic E-state index is 8.76. The van der Waals surface area contributed by atoms with Gasteiger partial charge in [0.2, 0.25) is 0 Å². The molecule has 2 aromatic rings. The Bertz CT molecular complexity index is 592. The van der Waals surface area contributed by atoms with Crippen molar-refractivity contribution in [3.8, 4) is 6.07 Å². The quantitative estimate of drug-likeness (QED) is 0.765. The Labute approximate surface area is 118 Å². The molecule has 0 atom stereocenters. The van der Waals surface area contributed by atoms with E-state index in [1.807, 2.05) is 30.3 Å². The Hall–Kier alpha value is -0.950. The van der Waals surface area contributed by atoms with Crippen molar-refractivity contribution in [2.45, 2.75) is 9.79 Å². The lowest BCUT2D eigenvalue weighted by atomic mass is 10.2. The van der Waals surface area contributed by atoms with Crippen LogP contribution in [0.25, 0.3) is 0 Å². The molecule has 2 aromatic carbocycles. The van der Waals surface area contributed by atoms with Gasteiger partial charge < -0.3 is 0 Å². The zero-order valence-electron chi connectivity index (χ0n) is 8.65. The standard InChI is InChI=1S/C13H7BrClNS/c14-10-3-1-2-4-12(10)17-13-6-5-9(8-16)7-11(13)15/h1-7H. The number of hydrogen-bond acceptors (Lipinski definition) is 2. The number of halogens is 2. The van der Waals surface area contributed by atoms with Crippen molar-refractivity contribution in [1.82, 2.24) is 0 Å². The normalized spacial score (nSPS) is 9.94. The van der Waals surface area contributed by atoms with Crippen molar-refractivity contribution in [3.05, 3.63) is 57.5 Å². The van der Waals surface area contributed by atoms with Crippen molar-refractivity contribution in [2.24, 2.45) is 0 Å². The van der Waals surface area contributed by atoms with Crippen LogP contribution in [-0.4, -0.2) is 0 Å². The molecular formula is C13H7BrClNS. The van der Waals surface area contributed by atoms with E-state index in [2.05, 4.69) is 22.0 Å². The minimum absolute atomic E-state index is 0.575. The summed E-state index contributed by atoms with van der Waals surface area (Å²) in [6.45, 7) is 0. The van der Waals surface area contributed by atoms with E-state index < -0.39 is 0 Å². The third-order valence-electron chi connectivity index (χ3n) is 2.12. The first kappa shape index (κ1) is 12.5. The molecule has 0 aromatic heterocycles. The van der Waals surface area contributed by atoms with Crippen molar-refractivity contribution < 1.29 is 0 Å². The summed E-state index contributed by atoms with van der Waals surface area (Å²) in [6, 6.07) is 15.3. The Morgan fingerprint density at radius 3 is 2.53 bits per heavy atom. The fraction of sp³-hybridized carbons (Fsp3) is 0. The monoisotopic (exact) mass is 323 g/mol. The molecule has 1 nitrogen and oxygen atoms in total. The second-order valence-corrected chi connectivity index (χ2v) is 5.63. The molecule has 0 aliphatic rings. The Balaban J connectivity index is 2.32. The van der Waals surface area contributed by atoms with Gasteiger partial charge in [-0.25, -0.2) is 0 Å². The minimum atomic E-state index is 0.575. The van der Waals surface area contributed by atoms with Gasteiger partial charge in [0.25, 0.3) is 0 Å². The zero-order chi connectivity index (χ0) is 12.3. The third kappa shape index (κ3) is 3.04. The molecule has 4 heteroatoms. The van der Waals surface area contributed by atoms with E-state index in [0.29, 0.717) is 10.6 Å². The average Bonchev–Trinajstić information content (AvgIpc) is 2.34. The molecule has 0 radical (unpaired) electrons. The molecule has 0 aliphatic heterocycles. The van der Waals surface area contributed by atoms with E-state index in [4.69, 9.17) is 16.9 Å². The summed E-state index contributed by atoms with van der Waals surface area (Å²) in [5.74, 6) is 0. The van der Waals surface area contributed by atoms with Crippen LogP contribution < -0.4 is 0 Å². The first-order valence-corrected chi connectivity index (χ1v) is 6.81. The van der Waals surface area contributed by atoms with Gasteiger partial charge in [-0.05, 0) is 46.3 Å². The van der Waals surface area contributed by atoms with E-state index in [9.17, 15) is 0 Å². The second-order valence-electron chi connectivity index (χ2n) is 3.29. The molecule has 84 valence electrons. The Kier molecular flexibility index (Phi) is 4.11. The third-order valence-corrected chi connectivity index (χ3v) is 4.65. The molecule has 0 saturated heterocycles. The molecule has 0 amide bonds. The molecule has 0 unspecified atom stereocenters. The highest BCUT2D eigenvalue weighted by Gasteiger charge is 2.06. The highest BCUT2D eigenvalue weighted by Crippen LogP contribution is 2.37. The van der Waals surface area contributed by atoms with Gasteiger partial charge in [-0.3, -0.25) is 0 Å². The van der Waals surface area contributed by atoms with Crippen LogP contribution in [0.3, 0.4) is 0 Å². The van der Waals surface area contributed by atoms with Gasteiger partial charge in [-0.2, -0.15) is 5.26 Å². The summed E-state index contributed by atoms with van der Waals surface area (Å²) in [5, 5.41) is 9.37. The lowest BCUT2D eigenvalue weighted by Gasteiger charge is -2.06. The molecule has 0 fully saturated rings. The summed E-state index contributed by atoms with van der Waals surface area (Å²) in [7, 11) is 0. The number of benzene rings is 2. The molecule has 17 heavy (non-hydrogen) atoms. The molecular weight excluding hydrogens is 318 g/mol. The van der Waals surface area contributed by atoms with Gasteiger partial charge in [-0.1, -0.05) is 35.5 Å². The molecule has 0 aliphatic carbocycles. The topological polar surface area (TPSA) is 23.8 Å². The highest BCUT2D eigenvalue weighted by molar-refractivity contribution is 9.10. The number of nitriles is 1. The molecule has 0 spiro atoms. The maximum Gasteiger partial charge on any atom is 0.0992 e. The molecule has 2 rings (SSSR count). The summed E-state index contributed by atoms with van der Waals surface area (Å²) < 4.78 is 1.03. The fourth-order valence-corrected chi connectivity index (χ4v) is 2.96. The van der Waals surface area contributed by atoms with Gasteiger partial charge in [-0.15, -0.1) is 0 Å². The first-order chi connectivity index (χ1) is 8.20. The Morgan fingerprint density at radius 2 is 1.88 bits per heavy atom. The van der Waals surface area contributed by atoms with Crippen molar-refractivity contribution >= 4 is 39.3 Å². The predicted octanol–water partition coefficient (Wildman–Crippen LogP) is 5.13. The smallest absolute Gasteiger partial charge is 0.0992 e. The van der Waals surface area contributed by atoms with E-state index >= 15 is 0 Å². The van der Waals surface area contributed by atoms with Crippen LogP contribution in [0.4, 0.5) is 0 Å². The van der Waals surface area contributed by atoms with Gasteiger partial charge in [0.15, 0.2) is 0 Å². The predicted molar refractivity (Wildman–Crippen MR) is 74.4 cm³/mol. The summed E-state index contributed by atoms with van der Waals surface area (Å²) >= 11 is 11.2. The van der Waals surface area contributed by atoms with Crippen LogP contribution in [0.2, 0.25) is 5.02 Å². The SMILES string of the molecule is N#Cc1ccc(Sc2ccccc2Br)c(Cl)c1. The second kappa shape index (κ2) is 5.59. The number of nitrogens with zero attached hydrogens (tertiary/aromatic N) is 1. The summed E-state index contributed by atoms with van der Waals surface area (Å²) in [6.07, 6.45) is 0. The van der Waals surface area contributed by atoms with E-state index in [0.717, 1.165) is 14.3 Å². The van der Waals surface area contributed by atoms with Crippen LogP contribution in [0.1, 0.15) is 5.56 Å². The minimum Gasteiger partial charge on any atom is -0.192 e. The van der Waals surface area contributed by atoms with Crippen LogP contribution in [-0.2, 0) is 0 Å². The van der Waals surface area contributed by atoms with Gasteiger partial charge in [0.1, 0.15) is 0 Å². The highest BCUT2D eigenvalue weighted by atomic mass is 79.9. The van der Waals surface area contributed by atoms with Gasteiger partial charge in [0, 0.05) is 14.3 Å². The molecule has 0 N–H and O–H groups in total. The number of hydrogen-bond donors (Lipinski definition) is 0. The molecule has 0 bridgehead atoms. The summed E-state index contributed by atoms with van der Waals surface area (Å²) in [4.78, 5) is 2.04. The average molecular weight is 325 g/mol. The molecule has 0 heterocycles. The zero-order valence-corrected chi connectivity index (χ0v) is 11.8. The van der Waals surface area contributed by atoms with Crippen LogP contribution in [0.15, 0.2) is 56.7 Å². The lowest BCUT2D eigenvalue weighted by Crippen LogP contribution is -1.80.